The zero-order chi connectivity index (χ0) is 19.1. The van der Waals surface area contributed by atoms with Crippen molar-refractivity contribution in [1.82, 2.24) is 5.32 Å². The molecule has 1 amide bonds. The highest BCUT2D eigenvalue weighted by Crippen LogP contribution is 2.10. The number of esters is 2. The number of rotatable bonds is 6. The maximum atomic E-state index is 12.1. The van der Waals surface area contributed by atoms with Gasteiger partial charge in [-0.15, -0.1) is 0 Å². The van der Waals surface area contributed by atoms with Crippen LogP contribution in [0.5, 0.6) is 0 Å². The number of carbonyl (C=O) groups is 3. The van der Waals surface area contributed by atoms with Crippen molar-refractivity contribution in [1.29, 1.82) is 0 Å². The average Bonchev–Trinajstić information content (AvgIpc) is 2.66. The molecule has 0 radical (unpaired) electrons. The second-order valence-corrected chi connectivity index (χ2v) is 5.83. The van der Waals surface area contributed by atoms with Crippen molar-refractivity contribution in [2.45, 2.75) is 20.5 Å². The predicted octanol–water partition coefficient (Wildman–Crippen LogP) is 2.56. The van der Waals surface area contributed by atoms with Crippen molar-refractivity contribution >= 4 is 17.8 Å². The molecular formula is C20H21NO5. The van der Waals surface area contributed by atoms with E-state index in [1.54, 1.807) is 36.4 Å². The Morgan fingerprint density at radius 3 is 2.19 bits per heavy atom. The molecule has 0 aliphatic heterocycles. The molecule has 0 spiro atoms. The first-order valence-electron chi connectivity index (χ1n) is 8.09. The Bertz CT molecular complexity index is 811. The Kier molecular flexibility index (Phi) is 6.49. The van der Waals surface area contributed by atoms with Crippen molar-refractivity contribution in [2.24, 2.45) is 0 Å². The van der Waals surface area contributed by atoms with Gasteiger partial charge in [0.05, 0.1) is 12.7 Å². The minimum atomic E-state index is -0.542. The van der Waals surface area contributed by atoms with Crippen LogP contribution in [0.3, 0.4) is 0 Å². The van der Waals surface area contributed by atoms with Crippen LogP contribution in [0.15, 0.2) is 42.5 Å². The van der Waals surface area contributed by atoms with Gasteiger partial charge in [-0.25, -0.2) is 4.79 Å². The Hall–Kier alpha value is -3.15. The van der Waals surface area contributed by atoms with Gasteiger partial charge in [0.2, 0.25) is 0 Å². The minimum absolute atomic E-state index is 0.0554. The molecule has 0 unspecified atom stereocenters. The largest absolute Gasteiger partial charge is 0.465 e. The van der Waals surface area contributed by atoms with Crippen molar-refractivity contribution in [3.63, 3.8) is 0 Å². The van der Waals surface area contributed by atoms with Gasteiger partial charge in [0.15, 0.2) is 0 Å². The summed E-state index contributed by atoms with van der Waals surface area (Å²) in [7, 11) is 1.31. The zero-order valence-corrected chi connectivity index (χ0v) is 15.0. The fraction of sp³-hybridized carbons (Fsp3) is 0.250. The van der Waals surface area contributed by atoms with Gasteiger partial charge in [0.1, 0.15) is 13.2 Å². The normalized spacial score (nSPS) is 10.1. The molecular weight excluding hydrogens is 334 g/mol. The molecule has 2 aromatic rings. The third-order valence-corrected chi connectivity index (χ3v) is 3.94. The summed E-state index contributed by atoms with van der Waals surface area (Å²) in [5, 5.41) is 2.54. The first-order valence-corrected chi connectivity index (χ1v) is 8.09. The Morgan fingerprint density at radius 1 is 0.923 bits per heavy atom. The van der Waals surface area contributed by atoms with Crippen LogP contribution in [0.1, 0.15) is 37.4 Å². The van der Waals surface area contributed by atoms with Gasteiger partial charge in [-0.05, 0) is 54.8 Å². The van der Waals surface area contributed by atoms with E-state index in [0.29, 0.717) is 11.1 Å². The van der Waals surface area contributed by atoms with E-state index in [0.717, 1.165) is 16.7 Å². The molecule has 136 valence electrons. The molecule has 1 N–H and O–H groups in total. The lowest BCUT2D eigenvalue weighted by molar-refractivity contribution is -0.143. The molecule has 0 aliphatic carbocycles. The molecule has 0 saturated heterocycles. The monoisotopic (exact) mass is 355 g/mol. The Labute approximate surface area is 152 Å². The van der Waals surface area contributed by atoms with Gasteiger partial charge in [0.25, 0.3) is 5.91 Å². The average molecular weight is 355 g/mol. The molecule has 6 nitrogen and oxygen atoms in total. The minimum Gasteiger partial charge on any atom is -0.465 e. The maximum absolute atomic E-state index is 12.1. The van der Waals surface area contributed by atoms with Crippen molar-refractivity contribution < 1.29 is 23.9 Å². The van der Waals surface area contributed by atoms with Crippen molar-refractivity contribution in [3.8, 4) is 0 Å². The highest BCUT2D eigenvalue weighted by atomic mass is 16.5. The van der Waals surface area contributed by atoms with E-state index in [1.807, 2.05) is 19.9 Å². The number of hydrogen-bond donors (Lipinski definition) is 1. The van der Waals surface area contributed by atoms with E-state index >= 15 is 0 Å². The van der Waals surface area contributed by atoms with E-state index in [2.05, 4.69) is 10.1 Å². The van der Waals surface area contributed by atoms with Gasteiger partial charge >= 0.3 is 11.9 Å². The molecule has 26 heavy (non-hydrogen) atoms. The highest BCUT2D eigenvalue weighted by Gasteiger charge is 2.10. The molecule has 6 heteroatoms. The van der Waals surface area contributed by atoms with Crippen molar-refractivity contribution in [3.05, 3.63) is 70.3 Å². The first-order chi connectivity index (χ1) is 12.4. The Balaban J connectivity index is 1.80. The predicted molar refractivity (Wildman–Crippen MR) is 95.8 cm³/mol. The standard InChI is InChI=1S/C20H21NO5/c1-13-4-7-17(10-14(13)2)19(23)21-11-18(22)26-12-15-5-8-16(9-6-15)20(24)25-3/h4-10H,11-12H2,1-3H3,(H,21,23). The highest BCUT2D eigenvalue weighted by molar-refractivity contribution is 5.96. The first kappa shape index (κ1) is 19.2. The summed E-state index contributed by atoms with van der Waals surface area (Å²) in [5.41, 5.74) is 3.75. The summed E-state index contributed by atoms with van der Waals surface area (Å²) in [6, 6.07) is 11.9. The molecule has 0 heterocycles. The second kappa shape index (κ2) is 8.80. The molecule has 2 rings (SSSR count). The van der Waals surface area contributed by atoms with Crippen LogP contribution >= 0.6 is 0 Å². The van der Waals surface area contributed by atoms with Gasteiger partial charge in [-0.2, -0.15) is 0 Å². The number of ether oxygens (including phenoxy) is 2. The molecule has 0 atom stereocenters. The van der Waals surface area contributed by atoms with E-state index in [1.165, 1.54) is 7.11 Å². The topological polar surface area (TPSA) is 81.7 Å². The number of methoxy groups -OCH3 is 1. The number of benzene rings is 2. The summed E-state index contributed by atoms with van der Waals surface area (Å²) in [6.45, 7) is 3.73. The van der Waals surface area contributed by atoms with Gasteiger partial charge < -0.3 is 14.8 Å². The van der Waals surface area contributed by atoms with Crippen LogP contribution in [0.25, 0.3) is 0 Å². The molecule has 0 saturated carbocycles. The number of amides is 1. The van der Waals surface area contributed by atoms with Gasteiger partial charge in [0, 0.05) is 5.56 Å². The smallest absolute Gasteiger partial charge is 0.337 e. The summed E-state index contributed by atoms with van der Waals surface area (Å²) in [5.74, 6) is -1.30. The lowest BCUT2D eigenvalue weighted by Gasteiger charge is -2.08. The fourth-order valence-electron chi connectivity index (χ4n) is 2.21. The summed E-state index contributed by atoms with van der Waals surface area (Å²) < 4.78 is 9.73. The van der Waals surface area contributed by atoms with Gasteiger partial charge in [-0.3, -0.25) is 9.59 Å². The number of carbonyl (C=O) groups excluding carboxylic acids is 3. The summed E-state index contributed by atoms with van der Waals surface area (Å²) >= 11 is 0. The van der Waals surface area contributed by atoms with E-state index < -0.39 is 11.9 Å². The lowest BCUT2D eigenvalue weighted by Crippen LogP contribution is -2.30. The Morgan fingerprint density at radius 2 is 1.58 bits per heavy atom. The van der Waals surface area contributed by atoms with Gasteiger partial charge in [-0.1, -0.05) is 18.2 Å². The third kappa shape index (κ3) is 5.17. The molecule has 0 fully saturated rings. The van der Waals surface area contributed by atoms with E-state index in [-0.39, 0.29) is 19.1 Å². The second-order valence-electron chi connectivity index (χ2n) is 5.83. The molecule has 0 aromatic heterocycles. The van der Waals surface area contributed by atoms with Crippen molar-refractivity contribution in [2.75, 3.05) is 13.7 Å². The molecule has 0 bridgehead atoms. The van der Waals surface area contributed by atoms with E-state index in [9.17, 15) is 14.4 Å². The SMILES string of the molecule is COC(=O)c1ccc(COC(=O)CNC(=O)c2ccc(C)c(C)c2)cc1. The summed E-state index contributed by atoms with van der Waals surface area (Å²) in [4.78, 5) is 35.2. The fourth-order valence-corrected chi connectivity index (χ4v) is 2.21. The lowest BCUT2D eigenvalue weighted by atomic mass is 10.1. The molecule has 0 aliphatic rings. The number of aryl methyl sites for hydroxylation is 2. The third-order valence-electron chi connectivity index (χ3n) is 3.94. The van der Waals surface area contributed by atoms with Crippen LogP contribution in [-0.2, 0) is 20.9 Å². The van der Waals surface area contributed by atoms with Crippen LogP contribution in [0.4, 0.5) is 0 Å². The van der Waals surface area contributed by atoms with Crippen LogP contribution in [-0.4, -0.2) is 31.5 Å². The quantitative estimate of drug-likeness (QED) is 0.806. The van der Waals surface area contributed by atoms with Crippen LogP contribution in [0.2, 0.25) is 0 Å². The number of hydrogen-bond acceptors (Lipinski definition) is 5. The van der Waals surface area contributed by atoms with Crippen LogP contribution in [0, 0.1) is 13.8 Å². The zero-order valence-electron chi connectivity index (χ0n) is 15.0. The van der Waals surface area contributed by atoms with Crippen LogP contribution < -0.4 is 5.32 Å². The number of nitrogens with one attached hydrogen (secondary N) is 1. The summed E-state index contributed by atoms with van der Waals surface area (Å²) in [6.07, 6.45) is 0. The molecule has 2 aromatic carbocycles. The maximum Gasteiger partial charge on any atom is 0.337 e. The van der Waals surface area contributed by atoms with E-state index in [4.69, 9.17) is 4.74 Å².